The summed E-state index contributed by atoms with van der Waals surface area (Å²) in [5.41, 5.74) is 5.94. The maximum absolute atomic E-state index is 9.22. The Morgan fingerprint density at radius 3 is 2.79 bits per heavy atom. The fourth-order valence-electron chi connectivity index (χ4n) is 5.29. The molecule has 3 atom stereocenters. The van der Waals surface area contributed by atoms with Gasteiger partial charge in [0, 0.05) is 19.0 Å². The van der Waals surface area contributed by atoms with Gasteiger partial charge >= 0.3 is 0 Å². The zero-order valence-electron chi connectivity index (χ0n) is 14.8. The lowest BCUT2D eigenvalue weighted by molar-refractivity contribution is 0.00178. The van der Waals surface area contributed by atoms with Gasteiger partial charge in [0.2, 0.25) is 0 Å². The van der Waals surface area contributed by atoms with Crippen LogP contribution in [-0.2, 0) is 6.54 Å². The third-order valence-electron chi connectivity index (χ3n) is 7.01. The van der Waals surface area contributed by atoms with Crippen molar-refractivity contribution in [2.45, 2.75) is 58.5 Å². The van der Waals surface area contributed by atoms with Crippen molar-refractivity contribution in [1.82, 2.24) is 4.90 Å². The van der Waals surface area contributed by atoms with Gasteiger partial charge in [-0.1, -0.05) is 60.5 Å². The van der Waals surface area contributed by atoms with E-state index in [-0.39, 0.29) is 5.41 Å². The average Bonchev–Trinajstić information content (AvgIpc) is 2.61. The molecule has 1 fully saturated rings. The molecular weight excluding hydrogens is 296 g/mol. The molecule has 0 aromatic heterocycles. The van der Waals surface area contributed by atoms with Crippen LogP contribution in [0.15, 0.2) is 46.6 Å². The van der Waals surface area contributed by atoms with E-state index in [1.165, 1.54) is 24.9 Å². The second kappa shape index (κ2) is 6.03. The Balaban J connectivity index is 1.62. The second-order valence-corrected chi connectivity index (χ2v) is 8.11. The molecule has 4 rings (SSSR count). The third kappa shape index (κ3) is 2.50. The molecule has 0 radical (unpaired) electrons. The number of likely N-dealkylation sites (tertiary alicyclic amines) is 1. The van der Waals surface area contributed by atoms with E-state index in [9.17, 15) is 5.21 Å². The van der Waals surface area contributed by atoms with E-state index in [2.05, 4.69) is 54.2 Å². The smallest absolute Gasteiger partial charge is 0.0614 e. The van der Waals surface area contributed by atoms with Crippen molar-refractivity contribution in [3.05, 3.63) is 47.0 Å². The SMILES string of the molecule is C[C@H]1[C@H]2CC3=C(C/C(=N/O)CC3)[C@]1(C)CCN2Cc1ccccc1. The second-order valence-electron chi connectivity index (χ2n) is 8.11. The van der Waals surface area contributed by atoms with Crippen molar-refractivity contribution < 1.29 is 5.21 Å². The van der Waals surface area contributed by atoms with Crippen LogP contribution in [0.3, 0.4) is 0 Å². The van der Waals surface area contributed by atoms with Crippen molar-refractivity contribution in [1.29, 1.82) is 0 Å². The first-order chi connectivity index (χ1) is 11.6. The molecule has 0 saturated carbocycles. The molecule has 3 nitrogen and oxygen atoms in total. The fourth-order valence-corrected chi connectivity index (χ4v) is 5.29. The van der Waals surface area contributed by atoms with E-state index in [1.54, 1.807) is 11.1 Å². The number of hydrogen-bond acceptors (Lipinski definition) is 3. The molecular formula is C21H28N2O. The van der Waals surface area contributed by atoms with Crippen LogP contribution in [0.1, 0.15) is 51.5 Å². The summed E-state index contributed by atoms with van der Waals surface area (Å²) >= 11 is 0. The highest BCUT2D eigenvalue weighted by molar-refractivity contribution is 5.88. The molecule has 2 aliphatic carbocycles. The first-order valence-electron chi connectivity index (χ1n) is 9.31. The Hall–Kier alpha value is -1.61. The minimum atomic E-state index is 0.280. The molecule has 3 aliphatic rings. The summed E-state index contributed by atoms with van der Waals surface area (Å²) in [5, 5.41) is 12.8. The van der Waals surface area contributed by atoms with Gasteiger partial charge in [0.05, 0.1) is 5.71 Å². The predicted molar refractivity (Wildman–Crippen MR) is 97.2 cm³/mol. The van der Waals surface area contributed by atoms with Gasteiger partial charge in [0.15, 0.2) is 0 Å². The molecule has 0 unspecified atom stereocenters. The van der Waals surface area contributed by atoms with E-state index < -0.39 is 0 Å². The molecule has 2 bridgehead atoms. The fraction of sp³-hybridized carbons (Fsp3) is 0.571. The van der Waals surface area contributed by atoms with Gasteiger partial charge in [0.1, 0.15) is 0 Å². The van der Waals surface area contributed by atoms with Gasteiger partial charge in [-0.2, -0.15) is 0 Å². The van der Waals surface area contributed by atoms with Crippen LogP contribution in [-0.4, -0.2) is 28.4 Å². The lowest BCUT2D eigenvalue weighted by Gasteiger charge is -2.56. The number of hydrogen-bond donors (Lipinski definition) is 1. The monoisotopic (exact) mass is 324 g/mol. The number of nitrogens with zero attached hydrogens (tertiary/aromatic N) is 2. The van der Waals surface area contributed by atoms with Crippen molar-refractivity contribution in [3.63, 3.8) is 0 Å². The zero-order chi connectivity index (χ0) is 16.7. The molecule has 1 aliphatic heterocycles. The largest absolute Gasteiger partial charge is 0.411 e. The van der Waals surface area contributed by atoms with Crippen LogP contribution in [0.2, 0.25) is 0 Å². The Morgan fingerprint density at radius 1 is 1.25 bits per heavy atom. The van der Waals surface area contributed by atoms with Crippen molar-refractivity contribution in [3.8, 4) is 0 Å². The third-order valence-corrected chi connectivity index (χ3v) is 7.01. The van der Waals surface area contributed by atoms with Crippen LogP contribution in [0, 0.1) is 11.3 Å². The summed E-state index contributed by atoms with van der Waals surface area (Å²) < 4.78 is 0. The highest BCUT2D eigenvalue weighted by Gasteiger charge is 2.50. The van der Waals surface area contributed by atoms with Crippen molar-refractivity contribution in [2.75, 3.05) is 6.54 Å². The maximum Gasteiger partial charge on any atom is 0.0614 e. The molecule has 1 aromatic carbocycles. The summed E-state index contributed by atoms with van der Waals surface area (Å²) in [6.07, 6.45) is 5.35. The molecule has 1 N–H and O–H groups in total. The van der Waals surface area contributed by atoms with Crippen LogP contribution in [0.25, 0.3) is 0 Å². The molecule has 24 heavy (non-hydrogen) atoms. The first kappa shape index (κ1) is 15.9. The van der Waals surface area contributed by atoms with E-state index in [0.29, 0.717) is 12.0 Å². The highest BCUT2D eigenvalue weighted by atomic mass is 16.4. The normalized spacial score (nSPS) is 35.2. The Bertz CT molecular complexity index is 678. The van der Waals surface area contributed by atoms with Crippen LogP contribution >= 0.6 is 0 Å². The molecule has 0 amide bonds. The summed E-state index contributed by atoms with van der Waals surface area (Å²) in [5.74, 6) is 0.659. The Labute approximate surface area is 145 Å². The van der Waals surface area contributed by atoms with Gasteiger partial charge < -0.3 is 5.21 Å². The Kier molecular flexibility index (Phi) is 4.00. The van der Waals surface area contributed by atoms with Crippen LogP contribution < -0.4 is 0 Å². The first-order valence-corrected chi connectivity index (χ1v) is 9.31. The molecule has 0 spiro atoms. The lowest BCUT2D eigenvalue weighted by Crippen LogP contribution is -2.55. The molecule has 1 heterocycles. The summed E-state index contributed by atoms with van der Waals surface area (Å²) in [6, 6.07) is 11.5. The minimum absolute atomic E-state index is 0.280. The number of fused-ring (bicyclic) bond motifs is 3. The summed E-state index contributed by atoms with van der Waals surface area (Å²) in [4.78, 5) is 2.71. The molecule has 1 aromatic rings. The van der Waals surface area contributed by atoms with Crippen molar-refractivity contribution in [2.24, 2.45) is 16.5 Å². The number of oxime groups is 1. The molecule has 3 heteroatoms. The number of rotatable bonds is 2. The van der Waals surface area contributed by atoms with Crippen molar-refractivity contribution >= 4 is 5.71 Å². The highest BCUT2D eigenvalue weighted by Crippen LogP contribution is 2.55. The van der Waals surface area contributed by atoms with E-state index in [1.807, 2.05) is 0 Å². The van der Waals surface area contributed by atoms with Gasteiger partial charge in [-0.25, -0.2) is 0 Å². The molecule has 1 saturated heterocycles. The number of allylic oxidation sites excluding steroid dienone is 1. The van der Waals surface area contributed by atoms with Crippen LogP contribution in [0.5, 0.6) is 0 Å². The number of benzene rings is 1. The predicted octanol–water partition coefficient (Wildman–Crippen LogP) is 4.62. The van der Waals surface area contributed by atoms with Gasteiger partial charge in [-0.15, -0.1) is 0 Å². The zero-order valence-corrected chi connectivity index (χ0v) is 14.8. The van der Waals surface area contributed by atoms with E-state index in [0.717, 1.165) is 31.5 Å². The average molecular weight is 324 g/mol. The topological polar surface area (TPSA) is 35.8 Å². The standard InChI is InChI=1S/C21H28N2O/c1-15-20-12-17-8-9-18(22-24)13-19(17)21(15,2)10-11-23(20)14-16-6-4-3-5-7-16/h3-7,15,20,24H,8-14H2,1-2H3/b22-18+/t15-,20+,21+/m0/s1. The molecule has 128 valence electrons. The van der Waals surface area contributed by atoms with Crippen LogP contribution in [0.4, 0.5) is 0 Å². The van der Waals surface area contributed by atoms with E-state index in [4.69, 9.17) is 0 Å². The summed E-state index contributed by atoms with van der Waals surface area (Å²) in [6.45, 7) is 7.13. The summed E-state index contributed by atoms with van der Waals surface area (Å²) in [7, 11) is 0. The maximum atomic E-state index is 9.22. The Morgan fingerprint density at radius 2 is 2.04 bits per heavy atom. The minimum Gasteiger partial charge on any atom is -0.411 e. The van der Waals surface area contributed by atoms with E-state index >= 15 is 0 Å². The van der Waals surface area contributed by atoms with Gasteiger partial charge in [-0.05, 0) is 49.1 Å². The van der Waals surface area contributed by atoms with Gasteiger partial charge in [0.25, 0.3) is 0 Å². The quantitative estimate of drug-likeness (QED) is 0.489. The van der Waals surface area contributed by atoms with Gasteiger partial charge in [-0.3, -0.25) is 4.90 Å². The lowest BCUT2D eigenvalue weighted by atomic mass is 9.56. The number of piperidine rings is 1.